The summed E-state index contributed by atoms with van der Waals surface area (Å²) in [5.74, 6) is 0.0913. The molecule has 0 saturated carbocycles. The molecule has 2 aromatic heterocycles. The average molecular weight is 498 g/mol. The lowest BCUT2D eigenvalue weighted by molar-refractivity contribution is -0.127. The number of benzene rings is 2. The molecule has 1 saturated heterocycles. The lowest BCUT2D eigenvalue weighted by Gasteiger charge is -2.32. The van der Waals surface area contributed by atoms with E-state index in [1.54, 1.807) is 11.0 Å². The van der Waals surface area contributed by atoms with E-state index >= 15 is 0 Å². The number of nitrogen functional groups attached to an aromatic ring is 1. The molecule has 1 unspecified atom stereocenters. The Balaban J connectivity index is 1.30. The first-order chi connectivity index (χ1) is 18.0. The summed E-state index contributed by atoms with van der Waals surface area (Å²) in [7, 11) is 0. The summed E-state index contributed by atoms with van der Waals surface area (Å²) in [5.41, 5.74) is 11.9. The van der Waals surface area contributed by atoms with E-state index in [9.17, 15) is 9.18 Å². The van der Waals surface area contributed by atoms with Crippen LogP contribution in [0.1, 0.15) is 30.0 Å². The quantitative estimate of drug-likeness (QED) is 0.417. The summed E-state index contributed by atoms with van der Waals surface area (Å²) in [4.78, 5) is 25.0. The van der Waals surface area contributed by atoms with E-state index in [-0.39, 0.29) is 17.8 Å². The molecule has 0 radical (unpaired) electrons. The lowest BCUT2D eigenvalue weighted by atomic mass is 10.1. The maximum Gasteiger partial charge on any atom is 0.246 e. The summed E-state index contributed by atoms with van der Waals surface area (Å²) < 4.78 is 15.7. The third-order valence-electron chi connectivity index (χ3n) is 7.39. The smallest absolute Gasteiger partial charge is 0.246 e. The van der Waals surface area contributed by atoms with Gasteiger partial charge in [-0.15, -0.1) is 0 Å². The van der Waals surface area contributed by atoms with Crippen molar-refractivity contribution in [2.45, 2.75) is 31.8 Å². The highest BCUT2D eigenvalue weighted by Crippen LogP contribution is 2.35. The number of fused-ring (bicyclic) bond motifs is 2. The predicted molar refractivity (Wildman–Crippen MR) is 141 cm³/mol. The topological polar surface area (TPSA) is 93.2 Å². The first kappa shape index (κ1) is 23.1. The molecule has 1 fully saturated rings. The molecule has 6 rings (SSSR count). The minimum atomic E-state index is -0.210. The number of nitrogens with zero attached hydrogens (tertiary/aromatic N) is 6. The number of carbonyl (C=O) groups is 1. The van der Waals surface area contributed by atoms with Crippen molar-refractivity contribution in [3.05, 3.63) is 78.4 Å². The van der Waals surface area contributed by atoms with Crippen LogP contribution in [0.3, 0.4) is 0 Å². The highest BCUT2D eigenvalue weighted by atomic mass is 19.1. The van der Waals surface area contributed by atoms with Crippen molar-refractivity contribution in [2.24, 2.45) is 0 Å². The molecule has 9 heteroatoms. The maximum absolute atomic E-state index is 13.8. The molecular formula is C28H28FN7O. The number of likely N-dealkylation sites (tertiary alicyclic amines) is 1. The van der Waals surface area contributed by atoms with E-state index in [1.165, 1.54) is 24.0 Å². The van der Waals surface area contributed by atoms with E-state index in [0.29, 0.717) is 36.5 Å². The van der Waals surface area contributed by atoms with Crippen molar-refractivity contribution in [3.63, 3.8) is 0 Å². The molecule has 2 aromatic carbocycles. The van der Waals surface area contributed by atoms with Crippen molar-refractivity contribution < 1.29 is 9.18 Å². The summed E-state index contributed by atoms with van der Waals surface area (Å²) in [6, 6.07) is 13.2. The molecule has 4 aromatic rings. The number of aromatic nitrogens is 4. The van der Waals surface area contributed by atoms with Gasteiger partial charge in [-0.3, -0.25) is 4.79 Å². The number of nitrogens with two attached hydrogens (primary N) is 1. The van der Waals surface area contributed by atoms with Gasteiger partial charge in [0.15, 0.2) is 5.65 Å². The molecule has 2 aliphatic rings. The number of piperidine rings is 1. The van der Waals surface area contributed by atoms with Crippen LogP contribution in [0.4, 0.5) is 15.9 Å². The number of anilines is 2. The van der Waals surface area contributed by atoms with Gasteiger partial charge in [-0.05, 0) is 48.6 Å². The van der Waals surface area contributed by atoms with Crippen molar-refractivity contribution >= 4 is 28.4 Å². The van der Waals surface area contributed by atoms with E-state index in [2.05, 4.69) is 33.6 Å². The Morgan fingerprint density at radius 2 is 2.00 bits per heavy atom. The molecular weight excluding hydrogens is 469 g/mol. The fourth-order valence-electron chi connectivity index (χ4n) is 5.51. The predicted octanol–water partition coefficient (Wildman–Crippen LogP) is 4.13. The van der Waals surface area contributed by atoms with Crippen molar-refractivity contribution in [3.8, 4) is 11.3 Å². The maximum atomic E-state index is 13.8. The van der Waals surface area contributed by atoms with E-state index in [0.717, 1.165) is 48.3 Å². The number of amides is 1. The van der Waals surface area contributed by atoms with E-state index in [1.807, 2.05) is 22.9 Å². The van der Waals surface area contributed by atoms with Gasteiger partial charge in [0.25, 0.3) is 0 Å². The molecule has 188 valence electrons. The Hall–Kier alpha value is -4.27. The highest BCUT2D eigenvalue weighted by Gasteiger charge is 2.28. The zero-order valence-corrected chi connectivity index (χ0v) is 20.5. The summed E-state index contributed by atoms with van der Waals surface area (Å²) in [6.45, 7) is 6.45. The molecule has 1 amide bonds. The molecule has 0 aliphatic carbocycles. The second-order valence-corrected chi connectivity index (χ2v) is 9.68. The van der Waals surface area contributed by atoms with Crippen molar-refractivity contribution in [1.82, 2.24) is 24.6 Å². The zero-order chi connectivity index (χ0) is 25.5. The fourth-order valence-corrected chi connectivity index (χ4v) is 5.51. The summed E-state index contributed by atoms with van der Waals surface area (Å²) in [6.07, 6.45) is 5.49. The van der Waals surface area contributed by atoms with Crippen LogP contribution in [0.15, 0.2) is 61.4 Å². The Labute approximate surface area is 214 Å². The van der Waals surface area contributed by atoms with Gasteiger partial charge in [0, 0.05) is 37.4 Å². The number of carbonyl (C=O) groups excluding carboxylic acids is 1. The Morgan fingerprint density at radius 3 is 2.81 bits per heavy atom. The Bertz CT molecular complexity index is 1500. The second kappa shape index (κ2) is 9.31. The Morgan fingerprint density at radius 1 is 1.16 bits per heavy atom. The van der Waals surface area contributed by atoms with Crippen LogP contribution in [0, 0.1) is 5.82 Å². The molecule has 2 aliphatic heterocycles. The van der Waals surface area contributed by atoms with E-state index in [4.69, 9.17) is 10.8 Å². The van der Waals surface area contributed by atoms with Crippen LogP contribution < -0.4 is 10.6 Å². The van der Waals surface area contributed by atoms with Gasteiger partial charge < -0.3 is 15.5 Å². The van der Waals surface area contributed by atoms with Crippen LogP contribution in [0.2, 0.25) is 0 Å². The lowest BCUT2D eigenvalue weighted by Crippen LogP contribution is -2.40. The van der Waals surface area contributed by atoms with Crippen LogP contribution in [0.5, 0.6) is 0 Å². The fraction of sp³-hybridized carbons (Fsp3) is 0.286. The monoisotopic (exact) mass is 497 g/mol. The third kappa shape index (κ3) is 4.20. The molecule has 4 heterocycles. The number of rotatable bonds is 5. The van der Waals surface area contributed by atoms with Crippen LogP contribution in [0.25, 0.3) is 22.3 Å². The van der Waals surface area contributed by atoms with Gasteiger partial charge in [-0.25, -0.2) is 19.0 Å². The first-order valence-corrected chi connectivity index (χ1v) is 12.5. The average Bonchev–Trinajstić information content (AvgIpc) is 3.51. The van der Waals surface area contributed by atoms with E-state index < -0.39 is 0 Å². The zero-order valence-electron chi connectivity index (χ0n) is 20.5. The molecule has 0 bridgehead atoms. The molecule has 8 nitrogen and oxygen atoms in total. The molecule has 37 heavy (non-hydrogen) atoms. The van der Waals surface area contributed by atoms with Crippen LogP contribution in [-0.2, 0) is 17.8 Å². The first-order valence-electron chi connectivity index (χ1n) is 12.5. The standard InChI is InChI=1S/C28H28FN7O/c1-2-24(37)35-12-3-4-22(16-35)36-28-25(27(30)31-17-32-28)26(33-36)20-7-5-18(6-8-20)15-34-13-11-19-9-10-21(29)14-23(19)34/h2,5-10,14,17,22H,1,3-4,11-13,15-16H2,(H2,30,31,32). The molecule has 2 N–H and O–H groups in total. The number of hydrogen-bond donors (Lipinski definition) is 1. The summed E-state index contributed by atoms with van der Waals surface area (Å²) in [5, 5.41) is 5.67. The van der Waals surface area contributed by atoms with Gasteiger partial charge >= 0.3 is 0 Å². The van der Waals surface area contributed by atoms with Gasteiger partial charge in [0.1, 0.15) is 23.7 Å². The van der Waals surface area contributed by atoms with Crippen LogP contribution >= 0.6 is 0 Å². The van der Waals surface area contributed by atoms with Crippen LogP contribution in [-0.4, -0.2) is 50.2 Å². The summed E-state index contributed by atoms with van der Waals surface area (Å²) >= 11 is 0. The largest absolute Gasteiger partial charge is 0.383 e. The minimum absolute atomic E-state index is 0.0156. The second-order valence-electron chi connectivity index (χ2n) is 9.68. The third-order valence-corrected chi connectivity index (χ3v) is 7.39. The molecule has 0 spiro atoms. The Kier molecular flexibility index (Phi) is 5.82. The SMILES string of the molecule is C=CC(=O)N1CCCC(n2nc(-c3ccc(CN4CCc5ccc(F)cc54)cc3)c3c(N)ncnc32)C1. The van der Waals surface area contributed by atoms with Gasteiger partial charge in [-0.1, -0.05) is 36.9 Å². The number of halogens is 1. The minimum Gasteiger partial charge on any atom is -0.383 e. The van der Waals surface area contributed by atoms with Gasteiger partial charge in [-0.2, -0.15) is 5.10 Å². The normalized spacial score (nSPS) is 17.3. The van der Waals surface area contributed by atoms with Gasteiger partial charge in [0.05, 0.1) is 11.4 Å². The highest BCUT2D eigenvalue weighted by molar-refractivity contribution is 5.98. The number of hydrogen-bond acceptors (Lipinski definition) is 6. The van der Waals surface area contributed by atoms with Crippen molar-refractivity contribution in [2.75, 3.05) is 30.3 Å². The van der Waals surface area contributed by atoms with Gasteiger partial charge in [0.2, 0.25) is 5.91 Å². The van der Waals surface area contributed by atoms with Crippen molar-refractivity contribution in [1.29, 1.82) is 0 Å². The molecule has 1 atom stereocenters.